The zero-order valence-electron chi connectivity index (χ0n) is 11.8. The molecule has 18 heavy (non-hydrogen) atoms. The van der Waals surface area contributed by atoms with Gasteiger partial charge >= 0.3 is 0 Å². The van der Waals surface area contributed by atoms with Crippen LogP contribution in [0.25, 0.3) is 0 Å². The first-order chi connectivity index (χ1) is 8.77. The van der Waals surface area contributed by atoms with E-state index in [2.05, 4.69) is 17.1 Å². The summed E-state index contributed by atoms with van der Waals surface area (Å²) in [6.07, 6.45) is 10.00. The van der Waals surface area contributed by atoms with Crippen LogP contribution in [0.15, 0.2) is 0 Å². The number of morpholine rings is 1. The van der Waals surface area contributed by atoms with Gasteiger partial charge in [0, 0.05) is 24.7 Å². The highest BCUT2D eigenvalue weighted by molar-refractivity contribution is 4.95. The van der Waals surface area contributed by atoms with Gasteiger partial charge in [0.1, 0.15) is 0 Å². The Morgan fingerprint density at radius 1 is 1.22 bits per heavy atom. The SMILES string of the molecule is CC1(CN2CCOC3CCCCC32)CCCCN1. The molecule has 0 radical (unpaired) electrons. The fourth-order valence-electron chi connectivity index (χ4n) is 4.07. The lowest BCUT2D eigenvalue weighted by Crippen LogP contribution is -2.60. The summed E-state index contributed by atoms with van der Waals surface area (Å²) < 4.78 is 5.97. The van der Waals surface area contributed by atoms with Crippen LogP contribution in [0.3, 0.4) is 0 Å². The third-order valence-corrected chi connectivity index (χ3v) is 5.11. The van der Waals surface area contributed by atoms with Gasteiger partial charge < -0.3 is 10.1 Å². The zero-order chi connectivity index (χ0) is 12.4. The molecule has 0 bridgehead atoms. The van der Waals surface area contributed by atoms with E-state index in [1.807, 2.05) is 0 Å². The highest BCUT2D eigenvalue weighted by Crippen LogP contribution is 2.30. The number of hydrogen-bond acceptors (Lipinski definition) is 3. The summed E-state index contributed by atoms with van der Waals surface area (Å²) in [7, 11) is 0. The standard InChI is InChI=1S/C15H28N2O/c1-15(8-4-5-9-16-15)12-17-10-11-18-14-7-3-2-6-13(14)17/h13-14,16H,2-12H2,1H3. The van der Waals surface area contributed by atoms with E-state index in [1.54, 1.807) is 0 Å². The molecular formula is C15H28N2O. The van der Waals surface area contributed by atoms with E-state index in [9.17, 15) is 0 Å². The van der Waals surface area contributed by atoms with E-state index in [0.29, 0.717) is 17.7 Å². The van der Waals surface area contributed by atoms with Crippen molar-refractivity contribution >= 4 is 0 Å². The summed E-state index contributed by atoms with van der Waals surface area (Å²) in [5.74, 6) is 0. The molecule has 1 aliphatic carbocycles. The Bertz CT molecular complexity index is 274. The van der Waals surface area contributed by atoms with Crippen molar-refractivity contribution in [2.75, 3.05) is 26.2 Å². The van der Waals surface area contributed by atoms with E-state index >= 15 is 0 Å². The second kappa shape index (κ2) is 5.48. The first kappa shape index (κ1) is 12.9. The van der Waals surface area contributed by atoms with Crippen LogP contribution in [0.1, 0.15) is 51.9 Å². The highest BCUT2D eigenvalue weighted by Gasteiger charge is 2.38. The molecule has 104 valence electrons. The first-order valence-electron chi connectivity index (χ1n) is 7.88. The van der Waals surface area contributed by atoms with E-state index < -0.39 is 0 Å². The van der Waals surface area contributed by atoms with Crippen molar-refractivity contribution in [3.8, 4) is 0 Å². The predicted octanol–water partition coefficient (Wildman–Crippen LogP) is 2.16. The van der Waals surface area contributed by atoms with Crippen LogP contribution in [-0.4, -0.2) is 48.8 Å². The van der Waals surface area contributed by atoms with Gasteiger partial charge in [-0.3, -0.25) is 4.90 Å². The van der Waals surface area contributed by atoms with Crippen LogP contribution in [0.5, 0.6) is 0 Å². The van der Waals surface area contributed by atoms with Crippen LogP contribution >= 0.6 is 0 Å². The average Bonchev–Trinajstić information content (AvgIpc) is 2.40. The summed E-state index contributed by atoms with van der Waals surface area (Å²) in [6.45, 7) is 6.92. The summed E-state index contributed by atoms with van der Waals surface area (Å²) >= 11 is 0. The molecule has 3 nitrogen and oxygen atoms in total. The van der Waals surface area contributed by atoms with Gasteiger partial charge in [-0.15, -0.1) is 0 Å². The average molecular weight is 252 g/mol. The van der Waals surface area contributed by atoms with Gasteiger partial charge in [-0.1, -0.05) is 19.3 Å². The molecule has 0 aromatic rings. The van der Waals surface area contributed by atoms with Gasteiger partial charge in [0.2, 0.25) is 0 Å². The van der Waals surface area contributed by atoms with Crippen molar-refractivity contribution in [3.63, 3.8) is 0 Å². The molecule has 3 rings (SSSR count). The summed E-state index contributed by atoms with van der Waals surface area (Å²) in [6, 6.07) is 0.702. The normalized spacial score (nSPS) is 42.5. The van der Waals surface area contributed by atoms with E-state index in [0.717, 1.165) is 13.2 Å². The zero-order valence-corrected chi connectivity index (χ0v) is 11.8. The van der Waals surface area contributed by atoms with Gasteiger partial charge in [0.05, 0.1) is 12.7 Å². The minimum atomic E-state index is 0.345. The van der Waals surface area contributed by atoms with Crippen molar-refractivity contribution in [3.05, 3.63) is 0 Å². The van der Waals surface area contributed by atoms with Crippen molar-refractivity contribution in [2.45, 2.75) is 69.6 Å². The van der Waals surface area contributed by atoms with Crippen LogP contribution in [-0.2, 0) is 4.74 Å². The number of fused-ring (bicyclic) bond motifs is 1. The van der Waals surface area contributed by atoms with Gasteiger partial charge in [-0.25, -0.2) is 0 Å². The van der Waals surface area contributed by atoms with E-state index in [4.69, 9.17) is 4.74 Å². The molecule has 2 aliphatic heterocycles. The third kappa shape index (κ3) is 2.73. The topological polar surface area (TPSA) is 24.5 Å². The molecule has 0 aromatic heterocycles. The van der Waals surface area contributed by atoms with Crippen LogP contribution < -0.4 is 5.32 Å². The third-order valence-electron chi connectivity index (χ3n) is 5.11. The van der Waals surface area contributed by atoms with Gasteiger partial charge in [0.25, 0.3) is 0 Å². The minimum absolute atomic E-state index is 0.345. The number of piperidine rings is 1. The number of rotatable bonds is 2. The van der Waals surface area contributed by atoms with E-state index in [1.165, 1.54) is 58.0 Å². The first-order valence-corrected chi connectivity index (χ1v) is 7.88. The molecule has 1 N–H and O–H groups in total. The number of hydrogen-bond donors (Lipinski definition) is 1. The van der Waals surface area contributed by atoms with Crippen LogP contribution in [0.2, 0.25) is 0 Å². The molecule has 3 unspecified atom stereocenters. The molecule has 3 atom stereocenters. The van der Waals surface area contributed by atoms with E-state index in [-0.39, 0.29) is 0 Å². The molecule has 2 saturated heterocycles. The second-order valence-corrected chi connectivity index (χ2v) is 6.68. The molecule has 3 fully saturated rings. The maximum Gasteiger partial charge on any atom is 0.0730 e. The summed E-state index contributed by atoms with van der Waals surface area (Å²) in [5, 5.41) is 3.76. The molecule has 2 heterocycles. The molecule has 3 heteroatoms. The quantitative estimate of drug-likeness (QED) is 0.815. The maximum absolute atomic E-state index is 5.97. The smallest absolute Gasteiger partial charge is 0.0730 e. The Hall–Kier alpha value is -0.120. The monoisotopic (exact) mass is 252 g/mol. The van der Waals surface area contributed by atoms with Gasteiger partial charge in [-0.2, -0.15) is 0 Å². The lowest BCUT2D eigenvalue weighted by Gasteiger charge is -2.48. The minimum Gasteiger partial charge on any atom is -0.375 e. The lowest BCUT2D eigenvalue weighted by atomic mass is 9.86. The molecular weight excluding hydrogens is 224 g/mol. The lowest BCUT2D eigenvalue weighted by molar-refractivity contribution is -0.0952. The Kier molecular flexibility index (Phi) is 3.92. The van der Waals surface area contributed by atoms with Crippen molar-refractivity contribution < 1.29 is 4.74 Å². The van der Waals surface area contributed by atoms with Gasteiger partial charge in [-0.05, 0) is 39.2 Å². The summed E-state index contributed by atoms with van der Waals surface area (Å²) in [4.78, 5) is 2.73. The Labute approximate surface area is 111 Å². The fourth-order valence-corrected chi connectivity index (χ4v) is 4.07. The van der Waals surface area contributed by atoms with Crippen molar-refractivity contribution in [2.24, 2.45) is 0 Å². The van der Waals surface area contributed by atoms with Crippen molar-refractivity contribution in [1.82, 2.24) is 10.2 Å². The number of nitrogens with zero attached hydrogens (tertiary/aromatic N) is 1. The molecule has 0 spiro atoms. The Balaban J connectivity index is 1.63. The highest BCUT2D eigenvalue weighted by atomic mass is 16.5. The van der Waals surface area contributed by atoms with Gasteiger partial charge in [0.15, 0.2) is 0 Å². The van der Waals surface area contributed by atoms with Crippen LogP contribution in [0.4, 0.5) is 0 Å². The van der Waals surface area contributed by atoms with Crippen LogP contribution in [0, 0.1) is 0 Å². The summed E-state index contributed by atoms with van der Waals surface area (Å²) in [5.41, 5.74) is 0.345. The number of nitrogens with one attached hydrogen (secondary N) is 1. The molecule has 3 aliphatic rings. The van der Waals surface area contributed by atoms with Crippen molar-refractivity contribution in [1.29, 1.82) is 0 Å². The Morgan fingerprint density at radius 2 is 2.11 bits per heavy atom. The molecule has 1 saturated carbocycles. The predicted molar refractivity (Wildman–Crippen MR) is 73.8 cm³/mol. The molecule has 0 aromatic carbocycles. The maximum atomic E-state index is 5.97. The largest absolute Gasteiger partial charge is 0.375 e. The number of ether oxygens (including phenoxy) is 1. The fraction of sp³-hybridized carbons (Fsp3) is 1.00. The second-order valence-electron chi connectivity index (χ2n) is 6.68. The Morgan fingerprint density at radius 3 is 2.94 bits per heavy atom. The molecule has 0 amide bonds.